The molecule has 0 aliphatic rings. The molecule has 6 nitrogen and oxygen atoms in total. The fourth-order valence-electron chi connectivity index (χ4n) is 1.60. The molecule has 0 aliphatic heterocycles. The zero-order valence-electron chi connectivity index (χ0n) is 10.2. The first-order valence-corrected chi connectivity index (χ1v) is 5.40. The second kappa shape index (κ2) is 4.50. The topological polar surface area (TPSA) is 81.7 Å². The molecule has 0 spiro atoms. The Morgan fingerprint density at radius 3 is 2.47 bits per heavy atom. The van der Waals surface area contributed by atoms with Crippen molar-refractivity contribution in [3.8, 4) is 0 Å². The summed E-state index contributed by atoms with van der Waals surface area (Å²) in [5, 5.41) is 4.46. The van der Waals surface area contributed by atoms with E-state index in [9.17, 15) is 0 Å². The van der Waals surface area contributed by atoms with Gasteiger partial charge < -0.3 is 5.43 Å². The maximum absolute atomic E-state index is 5.23. The highest BCUT2D eigenvalue weighted by Gasteiger charge is 2.08. The third-order valence-corrected chi connectivity index (χ3v) is 2.91. The number of nitrogens with one attached hydrogen (secondary N) is 1. The van der Waals surface area contributed by atoms with Crippen molar-refractivity contribution in [2.24, 2.45) is 5.84 Å². The van der Waals surface area contributed by atoms with Crippen LogP contribution >= 0.6 is 0 Å². The molecule has 0 saturated carbocycles. The molecule has 0 aliphatic carbocycles. The van der Waals surface area contributed by atoms with Crippen molar-refractivity contribution < 1.29 is 0 Å². The van der Waals surface area contributed by atoms with E-state index < -0.39 is 0 Å². The highest BCUT2D eigenvalue weighted by molar-refractivity contribution is 5.29. The lowest BCUT2D eigenvalue weighted by atomic mass is 10.2. The van der Waals surface area contributed by atoms with Gasteiger partial charge in [-0.25, -0.2) is 10.8 Å². The van der Waals surface area contributed by atoms with Gasteiger partial charge in [-0.3, -0.25) is 9.67 Å². The third-order valence-electron chi connectivity index (χ3n) is 2.91. The van der Waals surface area contributed by atoms with Crippen LogP contribution in [0.5, 0.6) is 0 Å². The first kappa shape index (κ1) is 11.5. The SMILES string of the molecule is Cc1nn(Cc2cnc(NN)cn2)c(C)c1C. The van der Waals surface area contributed by atoms with Crippen LogP contribution in [0.25, 0.3) is 0 Å². The normalized spacial score (nSPS) is 10.6. The predicted octanol–water partition coefficient (Wildman–Crippen LogP) is 0.932. The molecule has 0 radical (unpaired) electrons. The molecule has 0 amide bonds. The molecule has 0 saturated heterocycles. The largest absolute Gasteiger partial charge is 0.307 e. The van der Waals surface area contributed by atoms with E-state index in [4.69, 9.17) is 5.84 Å². The Morgan fingerprint density at radius 1 is 1.24 bits per heavy atom. The van der Waals surface area contributed by atoms with E-state index in [-0.39, 0.29) is 0 Å². The molecule has 17 heavy (non-hydrogen) atoms. The maximum Gasteiger partial charge on any atom is 0.158 e. The number of aryl methyl sites for hydroxylation is 1. The van der Waals surface area contributed by atoms with Crippen LogP contribution in [-0.2, 0) is 6.54 Å². The van der Waals surface area contributed by atoms with Gasteiger partial charge in [0.25, 0.3) is 0 Å². The molecule has 90 valence electrons. The lowest BCUT2D eigenvalue weighted by molar-refractivity contribution is 0.644. The number of hydrazine groups is 1. The van der Waals surface area contributed by atoms with E-state index in [0.29, 0.717) is 12.4 Å². The lowest BCUT2D eigenvalue weighted by Gasteiger charge is -2.04. The van der Waals surface area contributed by atoms with Crippen molar-refractivity contribution in [3.05, 3.63) is 35.0 Å². The third kappa shape index (κ3) is 2.26. The zero-order valence-corrected chi connectivity index (χ0v) is 10.2. The van der Waals surface area contributed by atoms with Crippen molar-refractivity contribution in [2.45, 2.75) is 27.3 Å². The van der Waals surface area contributed by atoms with Gasteiger partial charge in [0, 0.05) is 5.69 Å². The van der Waals surface area contributed by atoms with Gasteiger partial charge >= 0.3 is 0 Å². The monoisotopic (exact) mass is 232 g/mol. The molecule has 2 heterocycles. The second-order valence-electron chi connectivity index (χ2n) is 3.99. The van der Waals surface area contributed by atoms with Crippen LogP contribution in [0.15, 0.2) is 12.4 Å². The Balaban J connectivity index is 2.22. The Morgan fingerprint density at radius 2 is 2.00 bits per heavy atom. The van der Waals surface area contributed by atoms with Crippen LogP contribution in [-0.4, -0.2) is 19.7 Å². The van der Waals surface area contributed by atoms with E-state index in [1.807, 2.05) is 11.6 Å². The van der Waals surface area contributed by atoms with E-state index in [1.54, 1.807) is 12.4 Å². The van der Waals surface area contributed by atoms with Crippen LogP contribution in [0, 0.1) is 20.8 Å². The summed E-state index contributed by atoms with van der Waals surface area (Å²) in [6.45, 7) is 6.75. The van der Waals surface area contributed by atoms with Crippen LogP contribution in [0.3, 0.4) is 0 Å². The number of nitrogens with two attached hydrogens (primary N) is 1. The van der Waals surface area contributed by atoms with Crippen molar-refractivity contribution in [1.82, 2.24) is 19.7 Å². The predicted molar refractivity (Wildman–Crippen MR) is 65.4 cm³/mol. The van der Waals surface area contributed by atoms with E-state index >= 15 is 0 Å². The summed E-state index contributed by atoms with van der Waals surface area (Å²) in [7, 11) is 0. The summed E-state index contributed by atoms with van der Waals surface area (Å²) in [5.41, 5.74) is 6.73. The Kier molecular flexibility index (Phi) is 3.06. The highest BCUT2D eigenvalue weighted by Crippen LogP contribution is 2.12. The molecule has 2 aromatic heterocycles. The average Bonchev–Trinajstić information content (AvgIpc) is 2.58. The summed E-state index contributed by atoms with van der Waals surface area (Å²) >= 11 is 0. The standard InChI is InChI=1S/C11H16N6/c1-7-8(2)16-17(9(7)3)6-10-4-14-11(15-12)5-13-10/h4-5H,6,12H2,1-3H3,(H,14,15). The van der Waals surface area contributed by atoms with Crippen LogP contribution in [0.2, 0.25) is 0 Å². The van der Waals surface area contributed by atoms with Crippen LogP contribution in [0.1, 0.15) is 22.6 Å². The summed E-state index contributed by atoms with van der Waals surface area (Å²) < 4.78 is 1.93. The quantitative estimate of drug-likeness (QED) is 0.607. The Hall–Kier alpha value is -1.95. The minimum atomic E-state index is 0.554. The van der Waals surface area contributed by atoms with Crippen molar-refractivity contribution in [3.63, 3.8) is 0 Å². The number of nitrogens with zero attached hydrogens (tertiary/aromatic N) is 4. The lowest BCUT2D eigenvalue weighted by Crippen LogP contribution is -2.10. The highest BCUT2D eigenvalue weighted by atomic mass is 15.3. The van der Waals surface area contributed by atoms with E-state index in [0.717, 1.165) is 17.1 Å². The molecule has 0 bridgehead atoms. The Bertz CT molecular complexity index is 514. The minimum Gasteiger partial charge on any atom is -0.307 e. The molecule has 2 rings (SSSR count). The number of hydrogen-bond donors (Lipinski definition) is 2. The minimum absolute atomic E-state index is 0.554. The summed E-state index contributed by atoms with van der Waals surface area (Å²) in [5.74, 6) is 5.78. The van der Waals surface area contributed by atoms with Gasteiger partial charge in [0.05, 0.1) is 30.3 Å². The first-order valence-electron chi connectivity index (χ1n) is 5.40. The van der Waals surface area contributed by atoms with Gasteiger partial charge in [-0.1, -0.05) is 0 Å². The molecule has 3 N–H and O–H groups in total. The van der Waals surface area contributed by atoms with Gasteiger partial charge in [0.15, 0.2) is 5.82 Å². The molecule has 0 atom stereocenters. The van der Waals surface area contributed by atoms with Gasteiger partial charge in [0.2, 0.25) is 0 Å². The molecule has 2 aromatic rings. The number of rotatable bonds is 3. The van der Waals surface area contributed by atoms with Crippen molar-refractivity contribution in [2.75, 3.05) is 5.43 Å². The van der Waals surface area contributed by atoms with E-state index in [2.05, 4.69) is 34.3 Å². The number of aromatic nitrogens is 4. The first-order chi connectivity index (χ1) is 8.11. The number of hydrogen-bond acceptors (Lipinski definition) is 5. The average molecular weight is 232 g/mol. The summed E-state index contributed by atoms with van der Waals surface area (Å²) in [4.78, 5) is 8.37. The van der Waals surface area contributed by atoms with Gasteiger partial charge in [-0.05, 0) is 26.3 Å². The van der Waals surface area contributed by atoms with Gasteiger partial charge in [-0.2, -0.15) is 5.10 Å². The fraction of sp³-hybridized carbons (Fsp3) is 0.364. The second-order valence-corrected chi connectivity index (χ2v) is 3.99. The molecular weight excluding hydrogens is 216 g/mol. The van der Waals surface area contributed by atoms with Crippen molar-refractivity contribution >= 4 is 5.82 Å². The Labute approximate surface area is 99.9 Å². The van der Waals surface area contributed by atoms with Crippen LogP contribution < -0.4 is 11.3 Å². The smallest absolute Gasteiger partial charge is 0.158 e. The summed E-state index contributed by atoms with van der Waals surface area (Å²) in [6.07, 6.45) is 3.30. The zero-order chi connectivity index (χ0) is 12.4. The molecule has 0 unspecified atom stereocenters. The molecule has 0 fully saturated rings. The molecular formula is C11H16N6. The molecule has 6 heteroatoms. The maximum atomic E-state index is 5.23. The number of nitrogen functional groups attached to an aromatic ring is 1. The fourth-order valence-corrected chi connectivity index (χ4v) is 1.60. The summed E-state index contributed by atoms with van der Waals surface area (Å²) in [6, 6.07) is 0. The van der Waals surface area contributed by atoms with E-state index in [1.165, 1.54) is 5.56 Å². The van der Waals surface area contributed by atoms with Crippen molar-refractivity contribution in [1.29, 1.82) is 0 Å². The van der Waals surface area contributed by atoms with Crippen LogP contribution in [0.4, 0.5) is 5.82 Å². The molecule has 0 aromatic carbocycles. The van der Waals surface area contributed by atoms with Gasteiger partial charge in [0.1, 0.15) is 0 Å². The number of anilines is 1. The van der Waals surface area contributed by atoms with Gasteiger partial charge in [-0.15, -0.1) is 0 Å².